The molecular formula is C23H23F7N4O. The minimum atomic E-state index is -5.13. The highest BCUT2D eigenvalue weighted by Crippen LogP contribution is 2.47. The van der Waals surface area contributed by atoms with Crippen molar-refractivity contribution < 1.29 is 35.5 Å². The Morgan fingerprint density at radius 1 is 1.00 bits per heavy atom. The van der Waals surface area contributed by atoms with Crippen LogP contribution in [0.5, 0.6) is 0 Å². The van der Waals surface area contributed by atoms with Crippen molar-refractivity contribution in [2.24, 2.45) is 0 Å². The molecule has 0 atom stereocenters. The molecule has 0 radical (unpaired) electrons. The Hall–Kier alpha value is -2.89. The highest BCUT2D eigenvalue weighted by Gasteiger charge is 2.52. The summed E-state index contributed by atoms with van der Waals surface area (Å²) in [6.45, 7) is -0.158. The van der Waals surface area contributed by atoms with Crippen molar-refractivity contribution in [1.29, 1.82) is 0 Å². The first-order chi connectivity index (χ1) is 16.2. The number of alkyl halides is 6. The van der Waals surface area contributed by atoms with Crippen LogP contribution in [-0.4, -0.2) is 42.1 Å². The molecule has 0 unspecified atom stereocenters. The van der Waals surface area contributed by atoms with Crippen molar-refractivity contribution in [3.05, 3.63) is 59.2 Å². The molecule has 4 rings (SSSR count). The average Bonchev–Trinajstić information content (AvgIpc) is 3.08. The number of pyridine rings is 1. The number of hydrogen-bond acceptors (Lipinski definition) is 3. The van der Waals surface area contributed by atoms with Crippen LogP contribution in [0, 0.1) is 5.82 Å². The van der Waals surface area contributed by atoms with Crippen LogP contribution in [-0.2, 0) is 17.9 Å². The normalized spacial score (nSPS) is 25.4. The maximum absolute atomic E-state index is 13.9. The Labute approximate surface area is 196 Å². The number of aromatic nitrogens is 1. The number of nitrogens with one attached hydrogen (secondary N) is 1. The first-order valence-corrected chi connectivity index (χ1v) is 10.8. The van der Waals surface area contributed by atoms with Gasteiger partial charge in [0.05, 0.1) is 29.5 Å². The summed E-state index contributed by atoms with van der Waals surface area (Å²) in [7, 11) is 3.71. The molecule has 2 aliphatic rings. The predicted molar refractivity (Wildman–Crippen MR) is 113 cm³/mol. The van der Waals surface area contributed by atoms with Crippen LogP contribution >= 0.6 is 0 Å². The Morgan fingerprint density at radius 2 is 1.66 bits per heavy atom. The second-order valence-corrected chi connectivity index (χ2v) is 9.32. The van der Waals surface area contributed by atoms with E-state index in [0.29, 0.717) is 31.9 Å². The molecule has 1 saturated carbocycles. The zero-order valence-electron chi connectivity index (χ0n) is 18.9. The van der Waals surface area contributed by atoms with E-state index in [9.17, 15) is 35.5 Å². The SMILES string of the molecule is CN(C)[C@]1(c2cccc(F)c2)CC[C@]2(CC1)CN(c1cnc(C(F)(F)F)cc1C(F)(F)F)C(=O)N2. The zero-order valence-corrected chi connectivity index (χ0v) is 18.9. The third-order valence-corrected chi connectivity index (χ3v) is 7.10. The molecule has 1 saturated heterocycles. The van der Waals surface area contributed by atoms with E-state index >= 15 is 0 Å². The molecule has 2 amide bonds. The van der Waals surface area contributed by atoms with E-state index in [2.05, 4.69) is 10.3 Å². The minimum Gasteiger partial charge on any atom is -0.330 e. The molecule has 1 aromatic carbocycles. The predicted octanol–water partition coefficient (Wildman–Crippen LogP) is 5.56. The van der Waals surface area contributed by atoms with E-state index in [1.165, 1.54) is 12.1 Å². The lowest BCUT2D eigenvalue weighted by molar-refractivity contribution is -0.145. The lowest BCUT2D eigenvalue weighted by atomic mass is 9.69. The van der Waals surface area contributed by atoms with E-state index in [0.717, 1.165) is 10.5 Å². The minimum absolute atomic E-state index is 0.0739. The second-order valence-electron chi connectivity index (χ2n) is 9.32. The van der Waals surface area contributed by atoms with Gasteiger partial charge in [0.25, 0.3) is 0 Å². The number of halogens is 7. The number of hydrogen-bond donors (Lipinski definition) is 1. The Morgan fingerprint density at radius 3 is 2.20 bits per heavy atom. The third-order valence-electron chi connectivity index (χ3n) is 7.10. The number of anilines is 1. The molecule has 1 N–H and O–H groups in total. The van der Waals surface area contributed by atoms with Gasteiger partial charge in [-0.2, -0.15) is 26.3 Å². The van der Waals surface area contributed by atoms with Crippen LogP contribution in [0.4, 0.5) is 41.2 Å². The monoisotopic (exact) mass is 504 g/mol. The molecule has 5 nitrogen and oxygen atoms in total. The van der Waals surface area contributed by atoms with Gasteiger partial charge in [0.15, 0.2) is 0 Å². The van der Waals surface area contributed by atoms with Crippen LogP contribution in [0.15, 0.2) is 36.5 Å². The fraction of sp³-hybridized carbons (Fsp3) is 0.478. The topological polar surface area (TPSA) is 48.5 Å². The smallest absolute Gasteiger partial charge is 0.330 e. The number of rotatable bonds is 3. The number of urea groups is 1. The number of carbonyl (C=O) groups excluding carboxylic acids is 1. The maximum Gasteiger partial charge on any atom is 0.433 e. The van der Waals surface area contributed by atoms with Crippen molar-refractivity contribution in [2.45, 2.75) is 49.1 Å². The summed E-state index contributed by atoms with van der Waals surface area (Å²) in [5, 5.41) is 2.76. The van der Waals surface area contributed by atoms with Gasteiger partial charge >= 0.3 is 18.4 Å². The molecule has 190 valence electrons. The second kappa shape index (κ2) is 8.35. The van der Waals surface area contributed by atoms with Gasteiger partial charge in [-0.05, 0) is 63.5 Å². The Balaban J connectivity index is 1.63. The van der Waals surface area contributed by atoms with Gasteiger partial charge < -0.3 is 5.32 Å². The molecule has 1 aliphatic carbocycles. The molecular weight excluding hydrogens is 481 g/mol. The molecule has 1 aliphatic heterocycles. The first-order valence-electron chi connectivity index (χ1n) is 10.8. The number of benzene rings is 1. The van der Waals surface area contributed by atoms with Gasteiger partial charge in [0.1, 0.15) is 11.5 Å². The highest BCUT2D eigenvalue weighted by molar-refractivity contribution is 5.96. The van der Waals surface area contributed by atoms with Gasteiger partial charge in [0, 0.05) is 5.54 Å². The Bertz CT molecular complexity index is 1120. The van der Waals surface area contributed by atoms with Crippen LogP contribution in [0.1, 0.15) is 42.5 Å². The van der Waals surface area contributed by atoms with E-state index in [1.807, 2.05) is 25.1 Å². The van der Waals surface area contributed by atoms with Crippen molar-refractivity contribution in [3.63, 3.8) is 0 Å². The fourth-order valence-corrected chi connectivity index (χ4v) is 5.15. The molecule has 35 heavy (non-hydrogen) atoms. The largest absolute Gasteiger partial charge is 0.433 e. The number of amides is 2. The standard InChI is InChI=1S/C23H23F7N4O/c1-33(2)21(14-4-3-5-15(24)10-14)8-6-20(7-9-21)13-34(19(35)32-20)17-12-31-18(23(28,29)30)11-16(17)22(25,26)27/h3-5,10-12H,6-9,13H2,1-2H3,(H,32,35)/t20-,21+. The van der Waals surface area contributed by atoms with Crippen LogP contribution in [0.3, 0.4) is 0 Å². The van der Waals surface area contributed by atoms with Gasteiger partial charge in [-0.1, -0.05) is 12.1 Å². The van der Waals surface area contributed by atoms with Gasteiger partial charge in [-0.15, -0.1) is 0 Å². The summed E-state index contributed by atoms with van der Waals surface area (Å²) >= 11 is 0. The fourth-order valence-electron chi connectivity index (χ4n) is 5.15. The summed E-state index contributed by atoms with van der Waals surface area (Å²) in [4.78, 5) is 18.7. The van der Waals surface area contributed by atoms with Crippen LogP contribution in [0.2, 0.25) is 0 Å². The van der Waals surface area contributed by atoms with Gasteiger partial charge in [0.2, 0.25) is 0 Å². The highest BCUT2D eigenvalue weighted by atomic mass is 19.4. The van der Waals surface area contributed by atoms with Gasteiger partial charge in [-0.3, -0.25) is 9.80 Å². The van der Waals surface area contributed by atoms with Crippen molar-refractivity contribution >= 4 is 11.7 Å². The quantitative estimate of drug-likeness (QED) is 0.557. The summed E-state index contributed by atoms with van der Waals surface area (Å²) in [6.07, 6.45) is -8.03. The summed E-state index contributed by atoms with van der Waals surface area (Å²) in [5.74, 6) is -0.390. The lowest BCUT2D eigenvalue weighted by Gasteiger charge is -2.48. The summed E-state index contributed by atoms with van der Waals surface area (Å²) < 4.78 is 93.8. The number of carbonyl (C=O) groups is 1. The average molecular weight is 504 g/mol. The van der Waals surface area contributed by atoms with Crippen LogP contribution < -0.4 is 10.2 Å². The molecule has 2 fully saturated rings. The first kappa shape index (κ1) is 25.2. The van der Waals surface area contributed by atoms with Crippen LogP contribution in [0.25, 0.3) is 0 Å². The third kappa shape index (κ3) is 4.55. The van der Waals surface area contributed by atoms with Crippen molar-refractivity contribution in [3.8, 4) is 0 Å². The van der Waals surface area contributed by atoms with E-state index in [-0.39, 0.29) is 18.4 Å². The summed E-state index contributed by atoms with van der Waals surface area (Å²) in [6, 6.07) is 5.29. The molecule has 2 aromatic rings. The Kier molecular flexibility index (Phi) is 6.02. The molecule has 0 bridgehead atoms. The number of nitrogens with zero attached hydrogens (tertiary/aromatic N) is 3. The van der Waals surface area contributed by atoms with E-state index < -0.39 is 46.4 Å². The lowest BCUT2D eigenvalue weighted by Crippen LogP contribution is -2.54. The van der Waals surface area contributed by atoms with Crippen molar-refractivity contribution in [1.82, 2.24) is 15.2 Å². The van der Waals surface area contributed by atoms with Crippen molar-refractivity contribution in [2.75, 3.05) is 25.5 Å². The van der Waals surface area contributed by atoms with Gasteiger partial charge in [-0.25, -0.2) is 14.2 Å². The maximum atomic E-state index is 13.9. The van der Waals surface area contributed by atoms with E-state index in [4.69, 9.17) is 0 Å². The molecule has 1 spiro atoms. The summed E-state index contributed by atoms with van der Waals surface area (Å²) in [5.41, 5.74) is -4.66. The zero-order chi connectivity index (χ0) is 25.8. The molecule has 1 aromatic heterocycles. The molecule has 12 heteroatoms. The van der Waals surface area contributed by atoms with E-state index in [1.54, 1.807) is 6.07 Å². The molecule has 2 heterocycles.